The minimum absolute atomic E-state index is 0.225. The molecule has 0 saturated heterocycles. The van der Waals surface area contributed by atoms with Crippen LogP contribution in [0.3, 0.4) is 0 Å². The normalized spacial score (nSPS) is 18.6. The van der Waals surface area contributed by atoms with Crippen molar-refractivity contribution in [2.75, 3.05) is 13.1 Å². The molecule has 96 valence electrons. The van der Waals surface area contributed by atoms with Crippen LogP contribution < -0.4 is 5.73 Å². The van der Waals surface area contributed by atoms with E-state index >= 15 is 0 Å². The maximum Gasteiger partial charge on any atom is 0.192 e. The summed E-state index contributed by atoms with van der Waals surface area (Å²) in [4.78, 5) is 6.44. The van der Waals surface area contributed by atoms with Gasteiger partial charge in [0.15, 0.2) is 5.96 Å². The van der Waals surface area contributed by atoms with Crippen molar-refractivity contribution in [3.63, 3.8) is 0 Å². The Balaban J connectivity index is 1.97. The molecule has 0 fully saturated rings. The molecule has 0 spiro atoms. The second-order valence-corrected chi connectivity index (χ2v) is 4.76. The van der Waals surface area contributed by atoms with Gasteiger partial charge in [-0.25, -0.2) is 0 Å². The van der Waals surface area contributed by atoms with Gasteiger partial charge in [0.2, 0.25) is 0 Å². The summed E-state index contributed by atoms with van der Waals surface area (Å²) in [5.41, 5.74) is 7.19. The van der Waals surface area contributed by atoms with Crippen molar-refractivity contribution in [2.45, 2.75) is 6.04 Å². The zero-order chi connectivity index (χ0) is 13.2. The maximum absolute atomic E-state index is 5.93. The molecule has 1 atom stereocenters. The Kier molecular flexibility index (Phi) is 2.95. The number of nitrogens with two attached hydrogens (primary N) is 1. The molecular formula is C16H17N3. The van der Waals surface area contributed by atoms with Crippen LogP contribution in [0.5, 0.6) is 0 Å². The number of guanidine groups is 1. The number of hydrogen-bond acceptors (Lipinski definition) is 3. The molecule has 2 N–H and O–H groups in total. The van der Waals surface area contributed by atoms with Crippen LogP contribution in [-0.2, 0) is 0 Å². The standard InChI is InChI=1S/C16H17N3/c1-2-9-19-15(11-18-16(19)17)14-8-7-12-5-3-4-6-13(12)10-14/h2-8,10,15H,1,9,11H2,(H2,17,18). The van der Waals surface area contributed by atoms with E-state index in [1.54, 1.807) is 0 Å². The molecule has 0 aromatic heterocycles. The first kappa shape index (κ1) is 11.8. The molecule has 1 unspecified atom stereocenters. The molecule has 0 amide bonds. The first-order chi connectivity index (χ1) is 9.29. The third-order valence-corrected chi connectivity index (χ3v) is 3.58. The van der Waals surface area contributed by atoms with E-state index in [1.165, 1.54) is 16.3 Å². The van der Waals surface area contributed by atoms with E-state index in [9.17, 15) is 0 Å². The lowest BCUT2D eigenvalue weighted by atomic mass is 10.0. The Morgan fingerprint density at radius 3 is 2.84 bits per heavy atom. The van der Waals surface area contributed by atoms with Crippen LogP contribution >= 0.6 is 0 Å². The highest BCUT2D eigenvalue weighted by molar-refractivity contribution is 5.84. The van der Waals surface area contributed by atoms with E-state index in [1.807, 2.05) is 6.08 Å². The van der Waals surface area contributed by atoms with Crippen LogP contribution in [-0.4, -0.2) is 23.9 Å². The van der Waals surface area contributed by atoms with Gasteiger partial charge in [0.25, 0.3) is 0 Å². The van der Waals surface area contributed by atoms with E-state index < -0.39 is 0 Å². The number of rotatable bonds is 3. The van der Waals surface area contributed by atoms with Crippen LogP contribution in [0.2, 0.25) is 0 Å². The van der Waals surface area contributed by atoms with Gasteiger partial charge in [-0.2, -0.15) is 0 Å². The van der Waals surface area contributed by atoms with E-state index in [-0.39, 0.29) is 6.04 Å². The minimum Gasteiger partial charge on any atom is -0.370 e. The van der Waals surface area contributed by atoms with E-state index in [0.29, 0.717) is 5.96 Å². The molecule has 0 aliphatic carbocycles. The molecule has 3 nitrogen and oxygen atoms in total. The lowest BCUT2D eigenvalue weighted by Gasteiger charge is -2.25. The Labute approximate surface area is 113 Å². The van der Waals surface area contributed by atoms with E-state index in [0.717, 1.165) is 13.1 Å². The van der Waals surface area contributed by atoms with E-state index in [2.05, 4.69) is 58.9 Å². The highest BCUT2D eigenvalue weighted by atomic mass is 15.3. The summed E-state index contributed by atoms with van der Waals surface area (Å²) in [5.74, 6) is 0.609. The fraction of sp³-hybridized carbons (Fsp3) is 0.188. The quantitative estimate of drug-likeness (QED) is 0.852. The number of hydrogen-bond donors (Lipinski definition) is 1. The van der Waals surface area contributed by atoms with Crippen LogP contribution in [0.1, 0.15) is 11.6 Å². The summed E-state index contributed by atoms with van der Waals surface area (Å²) in [7, 11) is 0. The fourth-order valence-electron chi connectivity index (χ4n) is 2.59. The zero-order valence-corrected chi connectivity index (χ0v) is 10.8. The Hall–Kier alpha value is -2.29. The molecule has 19 heavy (non-hydrogen) atoms. The molecule has 3 rings (SSSR count). The van der Waals surface area contributed by atoms with Crippen LogP contribution in [0, 0.1) is 0 Å². The molecule has 0 radical (unpaired) electrons. The summed E-state index contributed by atoms with van der Waals surface area (Å²) < 4.78 is 0. The first-order valence-corrected chi connectivity index (χ1v) is 6.46. The molecule has 0 saturated carbocycles. The predicted octanol–water partition coefficient (Wildman–Crippen LogP) is 2.70. The van der Waals surface area contributed by atoms with Crippen LogP contribution in [0.25, 0.3) is 10.8 Å². The summed E-state index contributed by atoms with van der Waals surface area (Å²) in [6, 6.07) is 15.2. The van der Waals surface area contributed by atoms with Gasteiger partial charge in [-0.1, -0.05) is 42.5 Å². The van der Waals surface area contributed by atoms with Gasteiger partial charge in [-0.05, 0) is 22.4 Å². The fourth-order valence-corrected chi connectivity index (χ4v) is 2.59. The molecule has 1 aliphatic rings. The van der Waals surface area contributed by atoms with Gasteiger partial charge < -0.3 is 10.6 Å². The van der Waals surface area contributed by atoms with Gasteiger partial charge in [0.1, 0.15) is 0 Å². The largest absolute Gasteiger partial charge is 0.370 e. The van der Waals surface area contributed by atoms with Crippen molar-refractivity contribution >= 4 is 16.7 Å². The van der Waals surface area contributed by atoms with Gasteiger partial charge >= 0.3 is 0 Å². The van der Waals surface area contributed by atoms with Crippen LogP contribution in [0.4, 0.5) is 0 Å². The highest BCUT2D eigenvalue weighted by Gasteiger charge is 2.26. The van der Waals surface area contributed by atoms with Crippen molar-refractivity contribution in [3.8, 4) is 0 Å². The van der Waals surface area contributed by atoms with Crippen molar-refractivity contribution in [1.29, 1.82) is 0 Å². The lowest BCUT2D eigenvalue weighted by Crippen LogP contribution is -2.36. The predicted molar refractivity (Wildman–Crippen MR) is 80.1 cm³/mol. The third-order valence-electron chi connectivity index (χ3n) is 3.58. The van der Waals surface area contributed by atoms with Crippen LogP contribution in [0.15, 0.2) is 60.1 Å². The lowest BCUT2D eigenvalue weighted by molar-refractivity contribution is 0.380. The third kappa shape index (κ3) is 2.08. The molecule has 2 aromatic carbocycles. The van der Waals surface area contributed by atoms with Gasteiger partial charge in [0, 0.05) is 6.54 Å². The minimum atomic E-state index is 0.225. The molecule has 2 aromatic rings. The SMILES string of the molecule is C=CCN1C(N)=NCC1c1ccc2ccccc2c1. The van der Waals surface area contributed by atoms with Gasteiger partial charge in [0.05, 0.1) is 12.6 Å². The average molecular weight is 251 g/mol. The topological polar surface area (TPSA) is 41.6 Å². The first-order valence-electron chi connectivity index (χ1n) is 6.46. The molecule has 1 heterocycles. The van der Waals surface area contributed by atoms with Crippen molar-refractivity contribution in [3.05, 3.63) is 60.7 Å². The molecule has 0 bridgehead atoms. The number of aliphatic imine (C=N–C) groups is 1. The molecular weight excluding hydrogens is 234 g/mol. The maximum atomic E-state index is 5.93. The zero-order valence-electron chi connectivity index (χ0n) is 10.8. The average Bonchev–Trinajstić information content (AvgIpc) is 2.80. The number of fused-ring (bicyclic) bond motifs is 1. The van der Waals surface area contributed by atoms with Crippen molar-refractivity contribution < 1.29 is 0 Å². The molecule has 1 aliphatic heterocycles. The van der Waals surface area contributed by atoms with Gasteiger partial charge in [-0.15, -0.1) is 6.58 Å². The molecule has 3 heteroatoms. The van der Waals surface area contributed by atoms with Crippen molar-refractivity contribution in [1.82, 2.24) is 4.90 Å². The second-order valence-electron chi connectivity index (χ2n) is 4.76. The summed E-state index contributed by atoms with van der Waals surface area (Å²) in [5, 5.41) is 2.51. The van der Waals surface area contributed by atoms with Crippen molar-refractivity contribution in [2.24, 2.45) is 10.7 Å². The Bertz CT molecular complexity index is 645. The summed E-state index contributed by atoms with van der Waals surface area (Å²) in [6.45, 7) is 5.23. The summed E-state index contributed by atoms with van der Waals surface area (Å²) in [6.07, 6.45) is 1.86. The van der Waals surface area contributed by atoms with Gasteiger partial charge in [-0.3, -0.25) is 4.99 Å². The number of benzene rings is 2. The summed E-state index contributed by atoms with van der Waals surface area (Å²) >= 11 is 0. The smallest absolute Gasteiger partial charge is 0.192 e. The Morgan fingerprint density at radius 1 is 1.26 bits per heavy atom. The number of nitrogens with zero attached hydrogens (tertiary/aromatic N) is 2. The monoisotopic (exact) mass is 251 g/mol. The highest BCUT2D eigenvalue weighted by Crippen LogP contribution is 2.27. The Morgan fingerprint density at radius 2 is 2.05 bits per heavy atom. The second kappa shape index (κ2) is 4.76. The van der Waals surface area contributed by atoms with E-state index in [4.69, 9.17) is 5.73 Å².